The zero-order valence-electron chi connectivity index (χ0n) is 16.2. The van der Waals surface area contributed by atoms with Gasteiger partial charge < -0.3 is 24.2 Å². The van der Waals surface area contributed by atoms with Gasteiger partial charge in [0.05, 0.1) is 7.11 Å². The first-order chi connectivity index (χ1) is 13.0. The highest BCUT2D eigenvalue weighted by molar-refractivity contribution is 5.95. The molecule has 1 saturated heterocycles. The van der Waals surface area contributed by atoms with Crippen molar-refractivity contribution in [3.05, 3.63) is 35.5 Å². The maximum Gasteiger partial charge on any atom is 0.252 e. The molecule has 146 valence electrons. The van der Waals surface area contributed by atoms with Gasteiger partial charge in [0, 0.05) is 18.7 Å². The number of ether oxygens (including phenoxy) is 2. The molecule has 1 N–H and O–H groups in total. The van der Waals surface area contributed by atoms with Gasteiger partial charge in [-0.2, -0.15) is 4.98 Å². The van der Waals surface area contributed by atoms with Crippen LogP contribution in [0.1, 0.15) is 47.9 Å². The second-order valence-corrected chi connectivity index (χ2v) is 6.86. The molecule has 1 aromatic carbocycles. The number of piperidine rings is 1. The molecule has 1 aliphatic rings. The molecule has 1 atom stereocenters. The number of rotatable bonds is 6. The predicted octanol–water partition coefficient (Wildman–Crippen LogP) is 2.35. The molecule has 1 fully saturated rings. The van der Waals surface area contributed by atoms with E-state index < -0.39 is 0 Å². The summed E-state index contributed by atoms with van der Waals surface area (Å²) in [6.45, 7) is 5.55. The van der Waals surface area contributed by atoms with Crippen molar-refractivity contribution in [3.8, 4) is 11.5 Å². The van der Waals surface area contributed by atoms with Gasteiger partial charge in [-0.05, 0) is 51.9 Å². The number of methoxy groups -OCH3 is 1. The molecule has 1 aromatic heterocycles. The van der Waals surface area contributed by atoms with E-state index in [4.69, 9.17) is 14.0 Å². The number of aryl methyl sites for hydroxylation is 1. The van der Waals surface area contributed by atoms with Crippen LogP contribution in [-0.2, 0) is 0 Å². The monoisotopic (exact) mass is 374 g/mol. The van der Waals surface area contributed by atoms with Gasteiger partial charge in [0.1, 0.15) is 12.1 Å². The molecular formula is C19H26N4O4. The highest BCUT2D eigenvalue weighted by Crippen LogP contribution is 2.30. The minimum Gasteiger partial charge on any atom is -0.493 e. The molecule has 1 amide bonds. The van der Waals surface area contributed by atoms with Crippen molar-refractivity contribution in [3.63, 3.8) is 0 Å². The topological polar surface area (TPSA) is 89.7 Å². The van der Waals surface area contributed by atoms with E-state index >= 15 is 0 Å². The van der Waals surface area contributed by atoms with E-state index in [0.29, 0.717) is 28.8 Å². The van der Waals surface area contributed by atoms with Crippen molar-refractivity contribution < 1.29 is 18.8 Å². The molecule has 8 nitrogen and oxygen atoms in total. The molecule has 0 saturated carbocycles. The quantitative estimate of drug-likeness (QED) is 0.830. The van der Waals surface area contributed by atoms with E-state index in [1.54, 1.807) is 39.2 Å². The fourth-order valence-electron chi connectivity index (χ4n) is 3.02. The predicted molar refractivity (Wildman–Crippen MR) is 99.1 cm³/mol. The first kappa shape index (κ1) is 19.2. The SMILES string of the molecule is COc1cc(C(=O)NC(C)c2nc(C)no2)ccc1OC1CCN(C)CC1. The number of hydrogen-bond acceptors (Lipinski definition) is 7. The van der Waals surface area contributed by atoms with Crippen LogP contribution in [0.25, 0.3) is 0 Å². The highest BCUT2D eigenvalue weighted by atomic mass is 16.5. The smallest absolute Gasteiger partial charge is 0.252 e. The lowest BCUT2D eigenvalue weighted by atomic mass is 10.1. The van der Waals surface area contributed by atoms with Gasteiger partial charge in [-0.25, -0.2) is 0 Å². The second kappa shape index (κ2) is 8.39. The number of nitrogens with one attached hydrogen (secondary N) is 1. The van der Waals surface area contributed by atoms with Crippen LogP contribution in [-0.4, -0.2) is 54.3 Å². The van der Waals surface area contributed by atoms with Gasteiger partial charge in [-0.1, -0.05) is 5.16 Å². The Morgan fingerprint density at radius 2 is 2.07 bits per heavy atom. The minimum atomic E-state index is -0.389. The zero-order valence-corrected chi connectivity index (χ0v) is 16.2. The first-order valence-corrected chi connectivity index (χ1v) is 9.10. The zero-order chi connectivity index (χ0) is 19.4. The number of hydrogen-bond donors (Lipinski definition) is 1. The lowest BCUT2D eigenvalue weighted by Gasteiger charge is -2.29. The van der Waals surface area contributed by atoms with Crippen LogP contribution in [0.3, 0.4) is 0 Å². The van der Waals surface area contributed by atoms with Crippen LogP contribution in [0.5, 0.6) is 11.5 Å². The average Bonchev–Trinajstić information content (AvgIpc) is 3.10. The molecule has 0 aliphatic carbocycles. The minimum absolute atomic E-state index is 0.163. The van der Waals surface area contributed by atoms with Crippen molar-refractivity contribution in [2.45, 2.75) is 38.8 Å². The summed E-state index contributed by atoms with van der Waals surface area (Å²) in [6, 6.07) is 4.81. The van der Waals surface area contributed by atoms with E-state index in [-0.39, 0.29) is 18.1 Å². The van der Waals surface area contributed by atoms with Crippen LogP contribution < -0.4 is 14.8 Å². The molecule has 2 heterocycles. The Kier molecular flexibility index (Phi) is 5.95. The normalized spacial score (nSPS) is 16.7. The Hall–Kier alpha value is -2.61. The fraction of sp³-hybridized carbons (Fsp3) is 0.526. The van der Waals surface area contributed by atoms with Crippen LogP contribution in [0.2, 0.25) is 0 Å². The number of aromatic nitrogens is 2. The Morgan fingerprint density at radius 3 is 2.70 bits per heavy atom. The largest absolute Gasteiger partial charge is 0.493 e. The van der Waals surface area contributed by atoms with E-state index in [1.165, 1.54) is 0 Å². The molecular weight excluding hydrogens is 348 g/mol. The third-order valence-electron chi connectivity index (χ3n) is 4.65. The standard InChI is InChI=1S/C19H26N4O4/c1-12(19-21-13(2)22-27-19)20-18(24)14-5-6-16(17(11-14)25-4)26-15-7-9-23(3)10-8-15/h5-6,11-12,15H,7-10H2,1-4H3,(H,20,24). The number of nitrogens with zero attached hydrogens (tertiary/aromatic N) is 3. The van der Waals surface area contributed by atoms with Crippen LogP contribution in [0, 0.1) is 6.92 Å². The van der Waals surface area contributed by atoms with Crippen molar-refractivity contribution in [2.24, 2.45) is 0 Å². The summed E-state index contributed by atoms with van der Waals surface area (Å²) in [4.78, 5) is 19.0. The van der Waals surface area contributed by atoms with Crippen LogP contribution in [0.15, 0.2) is 22.7 Å². The highest BCUT2D eigenvalue weighted by Gasteiger charge is 2.21. The summed E-state index contributed by atoms with van der Waals surface area (Å²) in [7, 11) is 3.68. The van der Waals surface area contributed by atoms with Crippen molar-refractivity contribution in [2.75, 3.05) is 27.2 Å². The second-order valence-electron chi connectivity index (χ2n) is 6.86. The summed E-state index contributed by atoms with van der Waals surface area (Å²) < 4.78 is 16.6. The molecule has 3 rings (SSSR count). The molecule has 1 aliphatic heterocycles. The first-order valence-electron chi connectivity index (χ1n) is 9.10. The lowest BCUT2D eigenvalue weighted by Crippen LogP contribution is -2.35. The number of carbonyl (C=O) groups excluding carboxylic acids is 1. The molecule has 0 spiro atoms. The van der Waals surface area contributed by atoms with Gasteiger partial charge >= 0.3 is 0 Å². The summed E-state index contributed by atoms with van der Waals surface area (Å²) in [5.41, 5.74) is 0.477. The van der Waals surface area contributed by atoms with Crippen molar-refractivity contribution in [1.29, 1.82) is 0 Å². The van der Waals surface area contributed by atoms with Crippen molar-refractivity contribution in [1.82, 2.24) is 20.4 Å². The van der Waals surface area contributed by atoms with E-state index in [9.17, 15) is 4.79 Å². The molecule has 0 bridgehead atoms. The van der Waals surface area contributed by atoms with E-state index in [2.05, 4.69) is 27.4 Å². The van der Waals surface area contributed by atoms with Gasteiger partial charge in [0.25, 0.3) is 5.91 Å². The molecule has 2 aromatic rings. The summed E-state index contributed by atoms with van der Waals surface area (Å²) >= 11 is 0. The maximum atomic E-state index is 12.5. The lowest BCUT2D eigenvalue weighted by molar-refractivity contribution is 0.0931. The third-order valence-corrected chi connectivity index (χ3v) is 4.65. The molecule has 1 unspecified atom stereocenters. The van der Waals surface area contributed by atoms with Crippen molar-refractivity contribution >= 4 is 5.91 Å². The van der Waals surface area contributed by atoms with E-state index in [1.807, 2.05) is 0 Å². The Labute approximate surface area is 158 Å². The Bertz CT molecular complexity index is 784. The number of carbonyl (C=O) groups is 1. The van der Waals surface area contributed by atoms with Crippen LogP contribution >= 0.6 is 0 Å². The van der Waals surface area contributed by atoms with Gasteiger partial charge in [0.15, 0.2) is 17.3 Å². The van der Waals surface area contributed by atoms with Gasteiger partial charge in [0.2, 0.25) is 5.89 Å². The summed E-state index contributed by atoms with van der Waals surface area (Å²) in [6.07, 6.45) is 2.11. The summed E-state index contributed by atoms with van der Waals surface area (Å²) in [5, 5.41) is 6.59. The van der Waals surface area contributed by atoms with E-state index in [0.717, 1.165) is 25.9 Å². The Morgan fingerprint density at radius 1 is 1.33 bits per heavy atom. The maximum absolute atomic E-state index is 12.5. The summed E-state index contributed by atoms with van der Waals surface area (Å²) in [5.74, 6) is 1.85. The third kappa shape index (κ3) is 4.77. The fourth-order valence-corrected chi connectivity index (χ4v) is 3.02. The Balaban J connectivity index is 1.66. The van der Waals surface area contributed by atoms with Gasteiger partial charge in [-0.15, -0.1) is 0 Å². The van der Waals surface area contributed by atoms with Crippen LogP contribution in [0.4, 0.5) is 0 Å². The average molecular weight is 374 g/mol. The molecule has 27 heavy (non-hydrogen) atoms. The molecule has 0 radical (unpaired) electrons. The number of benzene rings is 1. The number of likely N-dealkylation sites (tertiary alicyclic amines) is 1. The van der Waals surface area contributed by atoms with Gasteiger partial charge in [-0.3, -0.25) is 4.79 Å². The number of amides is 1. The molecule has 8 heteroatoms.